The Kier molecular flexibility index (Phi) is 10.5. The van der Waals surface area contributed by atoms with Gasteiger partial charge in [-0.05, 0) is 79.1 Å². The average Bonchev–Trinajstić information content (AvgIpc) is 3.03. The van der Waals surface area contributed by atoms with Crippen LogP contribution < -0.4 is 29.2 Å². The lowest BCUT2D eigenvalue weighted by Gasteiger charge is -2.26. The van der Waals surface area contributed by atoms with Crippen LogP contribution >= 0.6 is 23.2 Å². The number of hydrogen-bond acceptors (Lipinski definition) is 7. The second kappa shape index (κ2) is 14.9. The summed E-state index contributed by atoms with van der Waals surface area (Å²) in [5.41, 5.74) is 2.17. The molecule has 0 spiro atoms. The van der Waals surface area contributed by atoms with Gasteiger partial charge >= 0.3 is 6.03 Å². The first-order valence-electron chi connectivity index (χ1n) is 14.5. The minimum Gasteiger partial charge on any atom is -0.490 e. The van der Waals surface area contributed by atoms with Crippen molar-refractivity contribution in [1.82, 2.24) is 5.32 Å². The van der Waals surface area contributed by atoms with Crippen molar-refractivity contribution in [3.63, 3.8) is 0 Å². The van der Waals surface area contributed by atoms with Gasteiger partial charge in [0.25, 0.3) is 11.8 Å². The Hall–Kier alpha value is -4.99. The zero-order valence-electron chi connectivity index (χ0n) is 25.0. The van der Waals surface area contributed by atoms with E-state index in [1.165, 1.54) is 18.2 Å². The summed E-state index contributed by atoms with van der Waals surface area (Å²) >= 11 is 12.7. The summed E-state index contributed by atoms with van der Waals surface area (Å²) in [5, 5.41) is 2.71. The van der Waals surface area contributed by atoms with Crippen LogP contribution in [0.5, 0.6) is 23.0 Å². The number of halogens is 2. The first kappa shape index (κ1) is 32.4. The number of imide groups is 2. The summed E-state index contributed by atoms with van der Waals surface area (Å²) in [4.78, 5) is 39.4. The predicted molar refractivity (Wildman–Crippen MR) is 176 cm³/mol. The fraction of sp³-hybridized carbons (Fsp3) is 0.171. The number of carbonyl (C=O) groups excluding carboxylic acids is 3. The minimum atomic E-state index is -0.880. The average molecular weight is 662 g/mol. The van der Waals surface area contributed by atoms with Crippen LogP contribution in [0.1, 0.15) is 30.5 Å². The van der Waals surface area contributed by atoms with Gasteiger partial charge in [-0.3, -0.25) is 14.9 Å². The quantitative estimate of drug-likeness (QED) is 0.123. The summed E-state index contributed by atoms with van der Waals surface area (Å²) < 4.78 is 23.8. The van der Waals surface area contributed by atoms with Crippen molar-refractivity contribution in [2.45, 2.75) is 27.1 Å². The van der Waals surface area contributed by atoms with Crippen LogP contribution in [0.15, 0.2) is 90.5 Å². The predicted octanol–water partition coefficient (Wildman–Crippen LogP) is 7.62. The van der Waals surface area contributed by atoms with Gasteiger partial charge in [0.15, 0.2) is 23.0 Å². The van der Waals surface area contributed by atoms with Gasteiger partial charge in [0.05, 0.1) is 23.9 Å². The number of urea groups is 1. The molecule has 0 aliphatic carbocycles. The van der Waals surface area contributed by atoms with Crippen molar-refractivity contribution >= 4 is 52.8 Å². The Labute approximate surface area is 276 Å². The van der Waals surface area contributed by atoms with Gasteiger partial charge in [-0.25, -0.2) is 9.69 Å². The molecule has 0 unspecified atom stereocenters. The van der Waals surface area contributed by atoms with Gasteiger partial charge in [0, 0.05) is 5.02 Å². The fourth-order valence-corrected chi connectivity index (χ4v) is 5.13. The molecule has 46 heavy (non-hydrogen) atoms. The first-order chi connectivity index (χ1) is 22.3. The van der Waals surface area contributed by atoms with Crippen molar-refractivity contribution in [2.24, 2.45) is 0 Å². The smallest absolute Gasteiger partial charge is 0.335 e. The number of rotatable bonds is 12. The Morgan fingerprint density at radius 3 is 2.20 bits per heavy atom. The number of hydrogen-bond donors (Lipinski definition) is 1. The molecule has 0 bridgehead atoms. The summed E-state index contributed by atoms with van der Waals surface area (Å²) in [6, 6.07) is 23.8. The summed E-state index contributed by atoms with van der Waals surface area (Å²) in [6.07, 6.45) is 1.34. The Morgan fingerprint density at radius 1 is 0.717 bits per heavy atom. The van der Waals surface area contributed by atoms with Crippen LogP contribution in [0.3, 0.4) is 0 Å². The molecule has 1 aliphatic rings. The van der Waals surface area contributed by atoms with E-state index in [1.54, 1.807) is 31.2 Å². The highest BCUT2D eigenvalue weighted by Gasteiger charge is 2.37. The van der Waals surface area contributed by atoms with Gasteiger partial charge in [0.1, 0.15) is 18.8 Å². The molecule has 1 N–H and O–H groups in total. The van der Waals surface area contributed by atoms with E-state index in [2.05, 4.69) is 5.32 Å². The van der Waals surface area contributed by atoms with Gasteiger partial charge < -0.3 is 18.9 Å². The Bertz CT molecular complexity index is 1790. The number of benzene rings is 4. The molecule has 0 aromatic heterocycles. The molecule has 0 saturated carbocycles. The maximum atomic E-state index is 13.3. The molecule has 4 amide bonds. The van der Waals surface area contributed by atoms with Crippen LogP contribution in [-0.4, -0.2) is 31.1 Å². The van der Waals surface area contributed by atoms with Crippen molar-refractivity contribution in [2.75, 3.05) is 18.1 Å². The number of nitrogens with zero attached hydrogens (tertiary/aromatic N) is 1. The van der Waals surface area contributed by atoms with Gasteiger partial charge in [-0.1, -0.05) is 65.7 Å². The summed E-state index contributed by atoms with van der Waals surface area (Å²) in [6.45, 7) is 4.98. The van der Waals surface area contributed by atoms with E-state index < -0.39 is 17.8 Å². The lowest BCUT2D eigenvalue weighted by Crippen LogP contribution is -2.54. The molecule has 0 atom stereocenters. The lowest BCUT2D eigenvalue weighted by atomic mass is 10.1. The van der Waals surface area contributed by atoms with Gasteiger partial charge in [-0.15, -0.1) is 0 Å². The lowest BCUT2D eigenvalue weighted by molar-refractivity contribution is -0.122. The number of amides is 4. The van der Waals surface area contributed by atoms with E-state index in [-0.39, 0.29) is 28.6 Å². The third-order valence-electron chi connectivity index (χ3n) is 6.74. The Balaban J connectivity index is 1.36. The molecule has 9 nitrogen and oxygen atoms in total. The zero-order chi connectivity index (χ0) is 32.6. The van der Waals surface area contributed by atoms with Gasteiger partial charge in [0.2, 0.25) is 0 Å². The maximum Gasteiger partial charge on any atom is 0.335 e. The van der Waals surface area contributed by atoms with Crippen LogP contribution in [0.4, 0.5) is 10.5 Å². The molecular formula is C35H30Cl2N2O7. The maximum absolute atomic E-state index is 13.3. The van der Waals surface area contributed by atoms with Crippen LogP contribution in [0.2, 0.25) is 10.0 Å². The molecule has 0 radical (unpaired) electrons. The molecule has 1 saturated heterocycles. The van der Waals surface area contributed by atoms with E-state index in [0.29, 0.717) is 47.7 Å². The van der Waals surface area contributed by atoms with Crippen LogP contribution in [0, 0.1) is 0 Å². The third kappa shape index (κ3) is 7.62. The monoisotopic (exact) mass is 660 g/mol. The molecule has 1 heterocycles. The van der Waals surface area contributed by atoms with Crippen molar-refractivity contribution in [1.29, 1.82) is 0 Å². The number of barbiturate groups is 1. The van der Waals surface area contributed by atoms with Gasteiger partial charge in [-0.2, -0.15) is 0 Å². The van der Waals surface area contributed by atoms with Crippen molar-refractivity contribution < 1.29 is 33.3 Å². The van der Waals surface area contributed by atoms with Crippen molar-refractivity contribution in [3.8, 4) is 23.0 Å². The molecular weight excluding hydrogens is 631 g/mol. The normalized spacial score (nSPS) is 13.9. The molecule has 11 heteroatoms. The Morgan fingerprint density at radius 2 is 1.46 bits per heavy atom. The van der Waals surface area contributed by atoms with Crippen molar-refractivity contribution in [3.05, 3.63) is 117 Å². The zero-order valence-corrected chi connectivity index (χ0v) is 26.6. The second-order valence-corrected chi connectivity index (χ2v) is 10.8. The molecule has 236 valence electrons. The van der Waals surface area contributed by atoms with Crippen LogP contribution in [-0.2, 0) is 22.8 Å². The molecule has 4 aromatic rings. The minimum absolute atomic E-state index is 0.136. The topological polar surface area (TPSA) is 103 Å². The number of carbonyl (C=O) groups is 3. The number of ether oxygens (including phenoxy) is 4. The van der Waals surface area contributed by atoms with E-state index in [1.807, 2.05) is 55.5 Å². The molecule has 4 aromatic carbocycles. The summed E-state index contributed by atoms with van der Waals surface area (Å²) in [7, 11) is 0. The number of anilines is 1. The van der Waals surface area contributed by atoms with E-state index in [4.69, 9.17) is 42.1 Å². The molecule has 5 rings (SSSR count). The highest BCUT2D eigenvalue weighted by Crippen LogP contribution is 2.39. The molecule has 1 fully saturated rings. The standard InChI is InChI=1S/C35H30Cl2N2O7/c1-3-43-30-17-23(13-14-29(30)45-20-22-9-6-5-7-10-22)21-46-32-28(37)16-24(18-31(32)44-4-2)15-27-33(40)38-35(42)39(34(27)41)26-12-8-11-25(36)19-26/h5-19H,3-4,20-21H2,1-2H3,(H,38,40,42)/b27-15+. The van der Waals surface area contributed by atoms with E-state index >= 15 is 0 Å². The first-order valence-corrected chi connectivity index (χ1v) is 15.2. The second-order valence-electron chi connectivity index (χ2n) is 9.98. The SMILES string of the molecule is CCOc1cc(COc2c(Cl)cc(/C=C3\C(=O)NC(=O)N(c4cccc(Cl)c4)C3=O)cc2OCC)ccc1OCc1ccccc1. The largest absolute Gasteiger partial charge is 0.490 e. The van der Waals surface area contributed by atoms with E-state index in [9.17, 15) is 14.4 Å². The van der Waals surface area contributed by atoms with Crippen LogP contribution in [0.25, 0.3) is 6.08 Å². The molecule has 1 aliphatic heterocycles. The number of nitrogens with one attached hydrogen (secondary N) is 1. The highest BCUT2D eigenvalue weighted by atomic mass is 35.5. The highest BCUT2D eigenvalue weighted by molar-refractivity contribution is 6.39. The summed E-state index contributed by atoms with van der Waals surface area (Å²) in [5.74, 6) is 0.121. The third-order valence-corrected chi connectivity index (χ3v) is 7.25. The fourth-order valence-electron chi connectivity index (χ4n) is 4.67. The van der Waals surface area contributed by atoms with E-state index in [0.717, 1.165) is 16.0 Å².